The molecule has 0 spiro atoms. The molecular formula is C22H29NO8. The topological polar surface area (TPSA) is 130 Å². The molecule has 2 aromatic carbocycles. The molecule has 0 radical (unpaired) electrons. The smallest absolute Gasteiger partial charge is 0.341 e. The maximum absolute atomic E-state index is 12.2. The summed E-state index contributed by atoms with van der Waals surface area (Å²) in [5.41, 5.74) is 6.87. The molecular weight excluding hydrogens is 406 g/mol. The van der Waals surface area contributed by atoms with Gasteiger partial charge in [0.05, 0.1) is 33.5 Å². The van der Waals surface area contributed by atoms with Crippen LogP contribution in [0.15, 0.2) is 24.3 Å². The molecule has 0 fully saturated rings. The zero-order valence-corrected chi connectivity index (χ0v) is 18.0. The van der Waals surface area contributed by atoms with Crippen LogP contribution in [0, 0.1) is 13.8 Å². The molecule has 0 aliphatic carbocycles. The van der Waals surface area contributed by atoms with Crippen molar-refractivity contribution in [1.82, 2.24) is 0 Å². The summed E-state index contributed by atoms with van der Waals surface area (Å²) in [6.45, 7) is 5.69. The third-order valence-electron chi connectivity index (χ3n) is 4.21. The number of hydrogen-bond acceptors (Lipinski definition) is 9. The van der Waals surface area contributed by atoms with E-state index >= 15 is 0 Å². The van der Waals surface area contributed by atoms with Crippen molar-refractivity contribution in [2.45, 2.75) is 13.8 Å². The average Bonchev–Trinajstić information content (AvgIpc) is 2.73. The molecule has 0 heterocycles. The number of ether oxygens (including phenoxy) is 5. The molecule has 0 amide bonds. The first-order valence-electron chi connectivity index (χ1n) is 9.79. The first kappa shape index (κ1) is 24.3. The highest BCUT2D eigenvalue weighted by molar-refractivity contribution is 5.94. The van der Waals surface area contributed by atoms with E-state index in [1.165, 1.54) is 19.2 Å². The summed E-state index contributed by atoms with van der Waals surface area (Å²) < 4.78 is 27.0. The third kappa shape index (κ3) is 7.02. The van der Waals surface area contributed by atoms with E-state index in [4.69, 9.17) is 29.4 Å². The molecule has 0 unspecified atom stereocenters. The fourth-order valence-electron chi connectivity index (χ4n) is 2.81. The number of hydrogen-bond donors (Lipinski definition) is 3. The highest BCUT2D eigenvalue weighted by Gasteiger charge is 2.19. The van der Waals surface area contributed by atoms with Crippen LogP contribution in [-0.4, -0.2) is 62.9 Å². The molecule has 0 aromatic heterocycles. The fourth-order valence-corrected chi connectivity index (χ4v) is 2.81. The zero-order chi connectivity index (χ0) is 22.8. The molecule has 0 atom stereocenters. The number of phenolic OH excluding ortho intramolecular Hbond substituents is 2. The van der Waals surface area contributed by atoms with E-state index in [2.05, 4.69) is 0 Å². The number of carbonyl (C=O) groups excluding carboxylic acids is 1. The summed E-state index contributed by atoms with van der Waals surface area (Å²) in [5, 5.41) is 19.9. The van der Waals surface area contributed by atoms with E-state index in [1.54, 1.807) is 26.0 Å². The van der Waals surface area contributed by atoms with Gasteiger partial charge in [-0.15, -0.1) is 0 Å². The highest BCUT2D eigenvalue weighted by Crippen LogP contribution is 2.40. The predicted molar refractivity (Wildman–Crippen MR) is 113 cm³/mol. The Kier molecular flexibility index (Phi) is 9.39. The van der Waals surface area contributed by atoms with Gasteiger partial charge in [-0.2, -0.15) is 0 Å². The molecule has 0 bridgehead atoms. The molecule has 0 saturated heterocycles. The Balaban J connectivity index is 2.14. The van der Waals surface area contributed by atoms with Crippen molar-refractivity contribution >= 4 is 5.97 Å². The Morgan fingerprint density at radius 2 is 1.61 bits per heavy atom. The summed E-state index contributed by atoms with van der Waals surface area (Å²) in [7, 11) is 1.29. The van der Waals surface area contributed by atoms with Crippen molar-refractivity contribution in [2.24, 2.45) is 5.73 Å². The van der Waals surface area contributed by atoms with E-state index in [0.29, 0.717) is 43.2 Å². The second kappa shape index (κ2) is 12.0. The maximum Gasteiger partial charge on any atom is 0.341 e. The average molecular weight is 435 g/mol. The van der Waals surface area contributed by atoms with Crippen LogP contribution >= 0.6 is 0 Å². The van der Waals surface area contributed by atoms with Crippen LogP contribution in [0.25, 0.3) is 0 Å². The van der Waals surface area contributed by atoms with Gasteiger partial charge in [-0.25, -0.2) is 4.79 Å². The fraction of sp³-hybridized carbons (Fsp3) is 0.409. The van der Waals surface area contributed by atoms with E-state index in [9.17, 15) is 15.0 Å². The minimum atomic E-state index is -0.550. The lowest BCUT2D eigenvalue weighted by Gasteiger charge is -2.16. The lowest BCUT2D eigenvalue weighted by Crippen LogP contribution is -2.15. The monoisotopic (exact) mass is 435 g/mol. The molecule has 170 valence electrons. The standard InChI is InChI=1S/C22H29NO8/c1-14-10-17(24)21(25)19(11-14)31-16-12-15(2)20(22(26)27-3)18(13-16)30-9-8-29-7-6-28-5-4-23/h10-13,24-25H,4-9,23H2,1-3H3. The van der Waals surface area contributed by atoms with Gasteiger partial charge in [-0.3, -0.25) is 0 Å². The van der Waals surface area contributed by atoms with Crippen molar-refractivity contribution in [3.63, 3.8) is 0 Å². The van der Waals surface area contributed by atoms with Crippen LogP contribution in [0.3, 0.4) is 0 Å². The number of aromatic hydroxyl groups is 2. The van der Waals surface area contributed by atoms with Crippen LogP contribution in [0.1, 0.15) is 21.5 Å². The van der Waals surface area contributed by atoms with Crippen molar-refractivity contribution in [2.75, 3.05) is 46.7 Å². The predicted octanol–water partition coefficient (Wildman–Crippen LogP) is 2.66. The molecule has 31 heavy (non-hydrogen) atoms. The van der Waals surface area contributed by atoms with Gasteiger partial charge in [0.25, 0.3) is 0 Å². The number of benzene rings is 2. The lowest BCUT2D eigenvalue weighted by atomic mass is 10.1. The normalized spacial score (nSPS) is 10.7. The van der Waals surface area contributed by atoms with Gasteiger partial charge in [0.15, 0.2) is 11.5 Å². The van der Waals surface area contributed by atoms with Crippen molar-refractivity contribution in [3.05, 3.63) is 41.0 Å². The van der Waals surface area contributed by atoms with Gasteiger partial charge < -0.3 is 39.6 Å². The second-order valence-corrected chi connectivity index (χ2v) is 6.70. The molecule has 2 aromatic rings. The van der Waals surface area contributed by atoms with Crippen LogP contribution in [0.4, 0.5) is 0 Å². The van der Waals surface area contributed by atoms with Crippen LogP contribution < -0.4 is 15.2 Å². The number of carbonyl (C=O) groups is 1. The van der Waals surface area contributed by atoms with Gasteiger partial charge in [0.1, 0.15) is 23.7 Å². The summed E-state index contributed by atoms with van der Waals surface area (Å²) in [6.07, 6.45) is 0. The highest BCUT2D eigenvalue weighted by atomic mass is 16.5. The minimum Gasteiger partial charge on any atom is -0.504 e. The molecule has 0 saturated carbocycles. The van der Waals surface area contributed by atoms with E-state index in [0.717, 1.165) is 0 Å². The number of nitrogens with two attached hydrogens (primary N) is 1. The van der Waals surface area contributed by atoms with Crippen LogP contribution in [0.2, 0.25) is 0 Å². The number of esters is 1. The molecule has 0 aliphatic rings. The van der Waals surface area contributed by atoms with E-state index < -0.39 is 5.97 Å². The summed E-state index contributed by atoms with van der Waals surface area (Å²) >= 11 is 0. The number of phenols is 2. The molecule has 0 aliphatic heterocycles. The Bertz CT molecular complexity index is 884. The maximum atomic E-state index is 12.2. The Morgan fingerprint density at radius 3 is 2.29 bits per heavy atom. The quantitative estimate of drug-likeness (QED) is 0.262. The first-order chi connectivity index (χ1) is 14.9. The summed E-state index contributed by atoms with van der Waals surface area (Å²) in [5.74, 6) is -0.576. The molecule has 9 heteroatoms. The number of aryl methyl sites for hydroxylation is 2. The van der Waals surface area contributed by atoms with E-state index in [-0.39, 0.29) is 41.8 Å². The Hall–Kier alpha value is -3.01. The van der Waals surface area contributed by atoms with Gasteiger partial charge in [-0.1, -0.05) is 0 Å². The third-order valence-corrected chi connectivity index (χ3v) is 4.21. The van der Waals surface area contributed by atoms with Crippen molar-refractivity contribution < 1.29 is 38.7 Å². The molecule has 2 rings (SSSR count). The van der Waals surface area contributed by atoms with Gasteiger partial charge >= 0.3 is 5.97 Å². The molecule has 9 nitrogen and oxygen atoms in total. The molecule has 4 N–H and O–H groups in total. The van der Waals surface area contributed by atoms with Crippen LogP contribution in [-0.2, 0) is 14.2 Å². The zero-order valence-electron chi connectivity index (χ0n) is 18.0. The van der Waals surface area contributed by atoms with Gasteiger partial charge in [-0.05, 0) is 43.2 Å². The van der Waals surface area contributed by atoms with Gasteiger partial charge in [0, 0.05) is 12.6 Å². The Labute approximate surface area is 181 Å². The largest absolute Gasteiger partial charge is 0.504 e. The van der Waals surface area contributed by atoms with E-state index in [1.807, 2.05) is 0 Å². The second-order valence-electron chi connectivity index (χ2n) is 6.70. The summed E-state index contributed by atoms with van der Waals surface area (Å²) in [6, 6.07) is 6.13. The number of rotatable bonds is 12. The van der Waals surface area contributed by atoms with Crippen molar-refractivity contribution in [3.8, 4) is 28.7 Å². The minimum absolute atomic E-state index is 0.0782. The summed E-state index contributed by atoms with van der Waals surface area (Å²) in [4.78, 5) is 12.2. The van der Waals surface area contributed by atoms with Gasteiger partial charge in [0.2, 0.25) is 5.75 Å². The number of methoxy groups -OCH3 is 1. The first-order valence-corrected chi connectivity index (χ1v) is 9.79. The lowest BCUT2D eigenvalue weighted by molar-refractivity contribution is 0.0382. The van der Waals surface area contributed by atoms with Crippen LogP contribution in [0.5, 0.6) is 28.7 Å². The van der Waals surface area contributed by atoms with Crippen molar-refractivity contribution in [1.29, 1.82) is 0 Å². The SMILES string of the molecule is COC(=O)c1c(C)cc(Oc2cc(C)cc(O)c2O)cc1OCCOCCOCCN. The Morgan fingerprint density at radius 1 is 0.935 bits per heavy atom.